The van der Waals surface area contributed by atoms with Gasteiger partial charge in [0.15, 0.2) is 6.10 Å². The molecule has 0 aromatic carbocycles. The van der Waals surface area contributed by atoms with Gasteiger partial charge in [-0.1, -0.05) is 254 Å². The zero-order valence-electron chi connectivity index (χ0n) is 43.2. The van der Waals surface area contributed by atoms with Crippen LogP contribution in [0.15, 0.2) is 85.1 Å². The van der Waals surface area contributed by atoms with Crippen LogP contribution in [0.4, 0.5) is 0 Å². The summed E-state index contributed by atoms with van der Waals surface area (Å²) in [5.41, 5.74) is 0. The molecular formula is C60H102O6. The predicted molar refractivity (Wildman–Crippen MR) is 284 cm³/mol. The molecule has 0 rings (SSSR count). The van der Waals surface area contributed by atoms with Crippen LogP contribution < -0.4 is 0 Å². The van der Waals surface area contributed by atoms with Gasteiger partial charge < -0.3 is 14.2 Å². The number of hydrogen-bond acceptors (Lipinski definition) is 6. The summed E-state index contributed by atoms with van der Waals surface area (Å²) in [4.78, 5) is 38.0. The second kappa shape index (κ2) is 54.2. The van der Waals surface area contributed by atoms with E-state index < -0.39 is 12.1 Å². The fraction of sp³-hybridized carbons (Fsp3) is 0.717. The molecule has 0 heterocycles. The SMILES string of the molecule is CC/C=C\C/C=C\C/C=C\C/C=C\C/C=C\CC(=O)OC(COC(=O)CCCCCCC/C=C\C/C=C\CCCC)COC(=O)CCCCCCCCCCCCCCCCCCCCC. The number of rotatable bonds is 49. The molecule has 0 fully saturated rings. The molecule has 1 unspecified atom stereocenters. The van der Waals surface area contributed by atoms with Crippen molar-refractivity contribution in [1.29, 1.82) is 0 Å². The summed E-state index contributed by atoms with van der Waals surface area (Å²) < 4.78 is 16.7. The third kappa shape index (κ3) is 51.6. The number of hydrogen-bond donors (Lipinski definition) is 0. The van der Waals surface area contributed by atoms with Gasteiger partial charge in [0.05, 0.1) is 6.42 Å². The summed E-state index contributed by atoms with van der Waals surface area (Å²) >= 11 is 0. The van der Waals surface area contributed by atoms with Crippen molar-refractivity contribution in [2.75, 3.05) is 13.2 Å². The number of esters is 3. The zero-order valence-corrected chi connectivity index (χ0v) is 43.2. The third-order valence-electron chi connectivity index (χ3n) is 11.7. The molecule has 0 spiro atoms. The van der Waals surface area contributed by atoms with Gasteiger partial charge in [0, 0.05) is 12.8 Å². The molecule has 0 aromatic heterocycles. The van der Waals surface area contributed by atoms with Crippen LogP contribution in [0, 0.1) is 0 Å². The molecule has 378 valence electrons. The lowest BCUT2D eigenvalue weighted by Crippen LogP contribution is -2.30. The molecule has 1 atom stereocenters. The lowest BCUT2D eigenvalue weighted by molar-refractivity contribution is -0.166. The average molecular weight is 919 g/mol. The predicted octanol–water partition coefficient (Wildman–Crippen LogP) is 18.4. The van der Waals surface area contributed by atoms with E-state index in [1.165, 1.54) is 122 Å². The maximum absolute atomic E-state index is 12.8. The fourth-order valence-electron chi connectivity index (χ4n) is 7.53. The monoisotopic (exact) mass is 919 g/mol. The van der Waals surface area contributed by atoms with Crippen molar-refractivity contribution in [2.45, 2.75) is 264 Å². The summed E-state index contributed by atoms with van der Waals surface area (Å²) in [6.07, 6.45) is 70.3. The van der Waals surface area contributed by atoms with Gasteiger partial charge in [-0.05, 0) is 70.6 Å². The highest BCUT2D eigenvalue weighted by Gasteiger charge is 2.19. The van der Waals surface area contributed by atoms with E-state index in [4.69, 9.17) is 14.2 Å². The van der Waals surface area contributed by atoms with Gasteiger partial charge in [-0.2, -0.15) is 0 Å². The summed E-state index contributed by atoms with van der Waals surface area (Å²) in [6, 6.07) is 0. The minimum absolute atomic E-state index is 0.0944. The maximum atomic E-state index is 12.8. The van der Waals surface area contributed by atoms with Crippen molar-refractivity contribution < 1.29 is 28.6 Å². The highest BCUT2D eigenvalue weighted by molar-refractivity contribution is 5.72. The van der Waals surface area contributed by atoms with Crippen molar-refractivity contribution in [1.82, 2.24) is 0 Å². The Balaban J connectivity index is 4.46. The van der Waals surface area contributed by atoms with E-state index >= 15 is 0 Å². The van der Waals surface area contributed by atoms with E-state index in [0.717, 1.165) is 96.3 Å². The smallest absolute Gasteiger partial charge is 0.310 e. The third-order valence-corrected chi connectivity index (χ3v) is 11.7. The molecule has 0 saturated carbocycles. The molecular weight excluding hydrogens is 817 g/mol. The largest absolute Gasteiger partial charge is 0.462 e. The molecule has 0 radical (unpaired) electrons. The number of allylic oxidation sites excluding steroid dienone is 13. The Hall–Kier alpha value is -3.41. The quantitative estimate of drug-likeness (QED) is 0.0262. The Kier molecular flexibility index (Phi) is 51.4. The van der Waals surface area contributed by atoms with Crippen molar-refractivity contribution >= 4 is 17.9 Å². The average Bonchev–Trinajstić information content (AvgIpc) is 3.31. The van der Waals surface area contributed by atoms with Gasteiger partial charge >= 0.3 is 17.9 Å². The molecule has 0 aliphatic rings. The van der Waals surface area contributed by atoms with Crippen LogP contribution in [0.5, 0.6) is 0 Å². The van der Waals surface area contributed by atoms with Crippen LogP contribution in [0.25, 0.3) is 0 Å². The van der Waals surface area contributed by atoms with E-state index in [0.29, 0.717) is 12.8 Å². The number of unbranched alkanes of at least 4 members (excludes halogenated alkanes) is 25. The maximum Gasteiger partial charge on any atom is 0.310 e. The van der Waals surface area contributed by atoms with E-state index in [-0.39, 0.29) is 31.6 Å². The van der Waals surface area contributed by atoms with Gasteiger partial charge in [0.25, 0.3) is 0 Å². The molecule has 0 aliphatic carbocycles. The molecule has 0 saturated heterocycles. The van der Waals surface area contributed by atoms with Crippen LogP contribution in [-0.4, -0.2) is 37.2 Å². The number of ether oxygens (including phenoxy) is 3. The molecule has 0 aromatic rings. The Morgan fingerprint density at radius 3 is 1.05 bits per heavy atom. The van der Waals surface area contributed by atoms with Gasteiger partial charge in [-0.25, -0.2) is 0 Å². The molecule has 66 heavy (non-hydrogen) atoms. The van der Waals surface area contributed by atoms with Crippen molar-refractivity contribution in [3.05, 3.63) is 85.1 Å². The van der Waals surface area contributed by atoms with Crippen molar-refractivity contribution in [2.24, 2.45) is 0 Å². The lowest BCUT2D eigenvalue weighted by atomic mass is 10.0. The Morgan fingerprint density at radius 1 is 0.333 bits per heavy atom. The first-order valence-electron chi connectivity index (χ1n) is 27.6. The van der Waals surface area contributed by atoms with Crippen LogP contribution in [0.2, 0.25) is 0 Å². The Labute approximate surface area is 407 Å². The Morgan fingerprint density at radius 2 is 0.652 bits per heavy atom. The highest BCUT2D eigenvalue weighted by atomic mass is 16.6. The first-order chi connectivity index (χ1) is 32.5. The Bertz CT molecular complexity index is 1290. The minimum atomic E-state index is -0.835. The fourth-order valence-corrected chi connectivity index (χ4v) is 7.53. The van der Waals surface area contributed by atoms with Crippen LogP contribution in [0.1, 0.15) is 258 Å². The van der Waals surface area contributed by atoms with E-state index in [9.17, 15) is 14.4 Å². The number of carbonyl (C=O) groups is 3. The first-order valence-corrected chi connectivity index (χ1v) is 27.6. The molecule has 6 nitrogen and oxygen atoms in total. The second-order valence-corrected chi connectivity index (χ2v) is 18.1. The van der Waals surface area contributed by atoms with E-state index in [2.05, 4.69) is 93.7 Å². The molecule has 0 amide bonds. The number of carbonyl (C=O) groups excluding carboxylic acids is 3. The summed E-state index contributed by atoms with van der Waals surface area (Å²) in [7, 11) is 0. The molecule has 6 heteroatoms. The summed E-state index contributed by atoms with van der Waals surface area (Å²) in [6.45, 7) is 6.40. The molecule has 0 bridgehead atoms. The van der Waals surface area contributed by atoms with Crippen LogP contribution in [-0.2, 0) is 28.6 Å². The van der Waals surface area contributed by atoms with Crippen molar-refractivity contribution in [3.8, 4) is 0 Å². The van der Waals surface area contributed by atoms with Crippen LogP contribution in [0.3, 0.4) is 0 Å². The standard InChI is InChI=1S/C60H102O6/c1-4-7-10-13-16-19-22-25-28-29-30-31-33-35-38-41-44-47-50-53-59(62)65-56-57(55-64-58(61)52-49-46-43-40-37-34-27-24-21-18-15-12-9-6-3)66-60(63)54-51-48-45-42-39-36-32-26-23-20-17-14-11-8-5-2/h8,11,15,17-18,20,24,26-27,32,39,42,48,51,57H,4-7,9-10,12-14,16,19,21-23,25,28-31,33-38,40-41,43-47,49-50,52-56H2,1-3H3/b11-8-,18-15-,20-17-,27-24-,32-26-,42-39-,51-48-. The van der Waals surface area contributed by atoms with Gasteiger partial charge in [0.2, 0.25) is 0 Å². The van der Waals surface area contributed by atoms with Crippen molar-refractivity contribution in [3.63, 3.8) is 0 Å². The van der Waals surface area contributed by atoms with Gasteiger partial charge in [0.1, 0.15) is 13.2 Å². The van der Waals surface area contributed by atoms with Gasteiger partial charge in [-0.3, -0.25) is 14.4 Å². The van der Waals surface area contributed by atoms with Gasteiger partial charge in [-0.15, -0.1) is 0 Å². The second-order valence-electron chi connectivity index (χ2n) is 18.1. The minimum Gasteiger partial charge on any atom is -0.462 e. The lowest BCUT2D eigenvalue weighted by Gasteiger charge is -2.18. The topological polar surface area (TPSA) is 78.9 Å². The first kappa shape index (κ1) is 62.6. The molecule has 0 N–H and O–H groups in total. The summed E-state index contributed by atoms with van der Waals surface area (Å²) in [5.74, 6) is -1.06. The van der Waals surface area contributed by atoms with E-state index in [1.807, 2.05) is 6.08 Å². The molecule has 0 aliphatic heterocycles. The normalized spacial score (nSPS) is 12.7. The van der Waals surface area contributed by atoms with Crippen LogP contribution >= 0.6 is 0 Å². The zero-order chi connectivity index (χ0) is 47.9. The van der Waals surface area contributed by atoms with E-state index in [1.54, 1.807) is 6.08 Å². The summed E-state index contributed by atoms with van der Waals surface area (Å²) in [5, 5.41) is 0. The highest BCUT2D eigenvalue weighted by Crippen LogP contribution is 2.16.